The van der Waals surface area contributed by atoms with Crippen molar-refractivity contribution in [2.24, 2.45) is 17.8 Å². The van der Waals surface area contributed by atoms with Crippen LogP contribution in [0.5, 0.6) is 0 Å². The van der Waals surface area contributed by atoms with Gasteiger partial charge in [-0.05, 0) is 43.7 Å². The summed E-state index contributed by atoms with van der Waals surface area (Å²) in [4.78, 5) is 2.68. The molecule has 1 N–H and O–H groups in total. The summed E-state index contributed by atoms with van der Waals surface area (Å²) in [5.74, 6) is 2.69. The van der Waals surface area contributed by atoms with Gasteiger partial charge in [-0.1, -0.05) is 0 Å². The lowest BCUT2D eigenvalue weighted by Crippen LogP contribution is -2.34. The molecule has 1 unspecified atom stereocenters. The summed E-state index contributed by atoms with van der Waals surface area (Å²) >= 11 is 0. The minimum absolute atomic E-state index is 0. The Morgan fingerprint density at radius 1 is 1.19 bits per heavy atom. The minimum atomic E-state index is 0. The fourth-order valence-electron chi connectivity index (χ4n) is 3.42. The van der Waals surface area contributed by atoms with Gasteiger partial charge < -0.3 is 15.0 Å². The van der Waals surface area contributed by atoms with Crippen molar-refractivity contribution in [2.75, 3.05) is 45.9 Å². The number of nitrogens with zero attached hydrogens (tertiary/aromatic N) is 1. The van der Waals surface area contributed by atoms with E-state index in [-0.39, 0.29) is 12.4 Å². The predicted octanol–water partition coefficient (Wildman–Crippen LogP) is 0.986. The van der Waals surface area contributed by atoms with E-state index >= 15 is 0 Å². The molecule has 0 spiro atoms. The highest BCUT2D eigenvalue weighted by molar-refractivity contribution is 5.85. The van der Waals surface area contributed by atoms with Gasteiger partial charge in [0.15, 0.2) is 0 Å². The lowest BCUT2D eigenvalue weighted by molar-refractivity contribution is 0.0408. The number of likely N-dealkylation sites (tertiary alicyclic amines) is 1. The second kappa shape index (κ2) is 5.67. The topological polar surface area (TPSA) is 24.5 Å². The molecule has 0 aromatic heterocycles. The van der Waals surface area contributed by atoms with Gasteiger partial charge in [0, 0.05) is 26.2 Å². The molecule has 0 aromatic rings. The number of nitrogens with one attached hydrogen (secondary N) is 1. The fraction of sp³-hybridized carbons (Fsp3) is 1.00. The average molecular weight is 247 g/mol. The third kappa shape index (κ3) is 2.70. The minimum Gasteiger partial charge on any atom is -0.381 e. The van der Waals surface area contributed by atoms with Gasteiger partial charge >= 0.3 is 0 Å². The summed E-state index contributed by atoms with van der Waals surface area (Å²) in [6.07, 6.45) is 2.65. The lowest BCUT2D eigenvalue weighted by atomic mass is 10.0. The first kappa shape index (κ1) is 12.6. The molecular formula is C12H23ClN2O. The SMILES string of the molecule is C1COCC(CN2C[C@H]3CNC[C@H]3C2)C1.Cl. The monoisotopic (exact) mass is 246 g/mol. The number of ether oxygens (including phenoxy) is 1. The molecule has 16 heavy (non-hydrogen) atoms. The number of rotatable bonds is 2. The molecule has 3 atom stereocenters. The van der Waals surface area contributed by atoms with Crippen LogP contribution >= 0.6 is 12.4 Å². The smallest absolute Gasteiger partial charge is 0.0506 e. The van der Waals surface area contributed by atoms with Crippen LogP contribution in [0.15, 0.2) is 0 Å². The van der Waals surface area contributed by atoms with E-state index in [2.05, 4.69) is 10.2 Å². The van der Waals surface area contributed by atoms with E-state index in [1.165, 1.54) is 45.6 Å². The van der Waals surface area contributed by atoms with Crippen LogP contribution in [0.1, 0.15) is 12.8 Å². The van der Waals surface area contributed by atoms with Crippen LogP contribution in [-0.4, -0.2) is 50.8 Å². The van der Waals surface area contributed by atoms with Crippen molar-refractivity contribution >= 4 is 12.4 Å². The summed E-state index contributed by atoms with van der Waals surface area (Å²) in [7, 11) is 0. The largest absolute Gasteiger partial charge is 0.381 e. The van der Waals surface area contributed by atoms with E-state index in [1.54, 1.807) is 0 Å². The van der Waals surface area contributed by atoms with Crippen LogP contribution in [0.25, 0.3) is 0 Å². The second-order valence-corrected chi connectivity index (χ2v) is 5.48. The maximum atomic E-state index is 5.55. The maximum Gasteiger partial charge on any atom is 0.0506 e. The van der Waals surface area contributed by atoms with Crippen molar-refractivity contribution in [1.29, 1.82) is 0 Å². The molecule has 0 aliphatic carbocycles. The van der Waals surface area contributed by atoms with E-state index in [4.69, 9.17) is 4.74 Å². The Labute approximate surface area is 104 Å². The number of hydrogen-bond donors (Lipinski definition) is 1. The molecule has 0 bridgehead atoms. The number of fused-ring (bicyclic) bond motifs is 1. The van der Waals surface area contributed by atoms with Crippen molar-refractivity contribution < 1.29 is 4.74 Å². The molecule has 4 heteroatoms. The van der Waals surface area contributed by atoms with Crippen LogP contribution in [0.3, 0.4) is 0 Å². The Balaban J connectivity index is 0.000000963. The Kier molecular flexibility index (Phi) is 4.48. The molecule has 3 aliphatic rings. The van der Waals surface area contributed by atoms with Gasteiger partial charge in [0.25, 0.3) is 0 Å². The van der Waals surface area contributed by atoms with E-state index in [0.717, 1.165) is 31.0 Å². The van der Waals surface area contributed by atoms with Gasteiger partial charge in [0.2, 0.25) is 0 Å². The molecule has 3 aliphatic heterocycles. The Bertz CT molecular complexity index is 209. The van der Waals surface area contributed by atoms with Gasteiger partial charge in [-0.3, -0.25) is 0 Å². The molecule has 0 amide bonds. The summed E-state index contributed by atoms with van der Waals surface area (Å²) in [5, 5.41) is 3.50. The fourth-order valence-corrected chi connectivity index (χ4v) is 3.42. The maximum absolute atomic E-state index is 5.55. The van der Waals surface area contributed by atoms with Crippen LogP contribution < -0.4 is 5.32 Å². The standard InChI is InChI=1S/C12H22N2O.ClH/c1-2-10(9-15-3-1)6-14-7-11-4-13-5-12(11)8-14;/h10-13H,1-9H2;1H/t10?,11-,12+;. The molecule has 0 saturated carbocycles. The molecule has 3 rings (SSSR count). The molecule has 3 nitrogen and oxygen atoms in total. The molecule has 94 valence electrons. The molecule has 0 radical (unpaired) electrons. The van der Waals surface area contributed by atoms with Gasteiger partial charge in [-0.2, -0.15) is 0 Å². The first-order valence-electron chi connectivity index (χ1n) is 6.42. The van der Waals surface area contributed by atoms with Crippen molar-refractivity contribution in [1.82, 2.24) is 10.2 Å². The predicted molar refractivity (Wildman–Crippen MR) is 67.1 cm³/mol. The molecule has 0 aromatic carbocycles. The molecular weight excluding hydrogens is 224 g/mol. The highest BCUT2D eigenvalue weighted by atomic mass is 35.5. The van der Waals surface area contributed by atoms with Gasteiger partial charge in [-0.15, -0.1) is 12.4 Å². The Morgan fingerprint density at radius 3 is 2.56 bits per heavy atom. The van der Waals surface area contributed by atoms with E-state index in [9.17, 15) is 0 Å². The second-order valence-electron chi connectivity index (χ2n) is 5.48. The van der Waals surface area contributed by atoms with Crippen LogP contribution in [0, 0.1) is 17.8 Å². The van der Waals surface area contributed by atoms with Gasteiger partial charge in [-0.25, -0.2) is 0 Å². The zero-order chi connectivity index (χ0) is 10.1. The number of hydrogen-bond acceptors (Lipinski definition) is 3. The van der Waals surface area contributed by atoms with Gasteiger partial charge in [0.1, 0.15) is 0 Å². The first-order valence-corrected chi connectivity index (χ1v) is 6.42. The summed E-state index contributed by atoms with van der Waals surface area (Å²) in [5.41, 5.74) is 0. The summed E-state index contributed by atoms with van der Waals surface area (Å²) in [6.45, 7) is 8.44. The average Bonchev–Trinajstić information content (AvgIpc) is 2.79. The first-order chi connectivity index (χ1) is 7.42. The number of halogens is 1. The zero-order valence-electron chi connectivity index (χ0n) is 9.86. The highest BCUT2D eigenvalue weighted by Gasteiger charge is 2.36. The van der Waals surface area contributed by atoms with E-state index in [1.807, 2.05) is 0 Å². The van der Waals surface area contributed by atoms with Crippen LogP contribution in [-0.2, 0) is 4.74 Å². The normalized spacial score (nSPS) is 39.4. The summed E-state index contributed by atoms with van der Waals surface area (Å²) < 4.78 is 5.55. The quantitative estimate of drug-likeness (QED) is 0.787. The molecule has 3 heterocycles. The Morgan fingerprint density at radius 2 is 1.94 bits per heavy atom. The lowest BCUT2D eigenvalue weighted by Gasteiger charge is -2.27. The van der Waals surface area contributed by atoms with Crippen molar-refractivity contribution in [3.8, 4) is 0 Å². The van der Waals surface area contributed by atoms with Crippen molar-refractivity contribution in [3.05, 3.63) is 0 Å². The highest BCUT2D eigenvalue weighted by Crippen LogP contribution is 2.27. The van der Waals surface area contributed by atoms with Crippen LogP contribution in [0.4, 0.5) is 0 Å². The molecule has 3 saturated heterocycles. The van der Waals surface area contributed by atoms with E-state index in [0.29, 0.717) is 0 Å². The third-order valence-corrected chi connectivity index (χ3v) is 4.24. The van der Waals surface area contributed by atoms with Crippen molar-refractivity contribution in [2.45, 2.75) is 12.8 Å². The van der Waals surface area contributed by atoms with Crippen LogP contribution in [0.2, 0.25) is 0 Å². The van der Waals surface area contributed by atoms with Crippen molar-refractivity contribution in [3.63, 3.8) is 0 Å². The third-order valence-electron chi connectivity index (χ3n) is 4.24. The summed E-state index contributed by atoms with van der Waals surface area (Å²) in [6, 6.07) is 0. The molecule has 3 fully saturated rings. The van der Waals surface area contributed by atoms with Gasteiger partial charge in [0.05, 0.1) is 6.61 Å². The Hall–Kier alpha value is 0.170. The zero-order valence-corrected chi connectivity index (χ0v) is 10.7. The van der Waals surface area contributed by atoms with E-state index < -0.39 is 0 Å².